The second-order valence-corrected chi connectivity index (χ2v) is 5.31. The number of benzene rings is 1. The fourth-order valence-electron chi connectivity index (χ4n) is 2.32. The molecule has 0 aliphatic carbocycles. The molecule has 21 heavy (non-hydrogen) atoms. The third-order valence-corrected chi connectivity index (χ3v) is 3.76. The smallest absolute Gasteiger partial charge is 0.246 e. The number of rotatable bonds is 4. The van der Waals surface area contributed by atoms with Crippen molar-refractivity contribution in [1.82, 2.24) is 15.0 Å². The Bertz CT molecular complexity index is 654. The number of carbonyl (C=O) groups excluding carboxylic acids is 1. The number of hydrogen-bond donors (Lipinski definition) is 0. The molecule has 2 aromatic rings. The molecule has 1 aromatic heterocycles. The van der Waals surface area contributed by atoms with E-state index in [0.29, 0.717) is 41.8 Å². The van der Waals surface area contributed by atoms with Crippen LogP contribution in [-0.4, -0.2) is 27.5 Å². The highest BCUT2D eigenvalue weighted by molar-refractivity contribution is 6.31. The van der Waals surface area contributed by atoms with E-state index in [1.807, 2.05) is 0 Å². The van der Waals surface area contributed by atoms with Gasteiger partial charge in [-0.1, -0.05) is 22.8 Å². The Morgan fingerprint density at radius 3 is 3.00 bits per heavy atom. The quantitative estimate of drug-likeness (QED) is 0.871. The van der Waals surface area contributed by atoms with Crippen molar-refractivity contribution in [2.45, 2.75) is 25.8 Å². The summed E-state index contributed by atoms with van der Waals surface area (Å²) in [4.78, 5) is 17.4. The van der Waals surface area contributed by atoms with Gasteiger partial charge in [-0.15, -0.1) is 0 Å². The van der Waals surface area contributed by atoms with Crippen LogP contribution >= 0.6 is 11.6 Å². The maximum Gasteiger partial charge on any atom is 0.246 e. The normalized spacial score (nSPS) is 15.0. The van der Waals surface area contributed by atoms with E-state index in [0.717, 1.165) is 6.42 Å². The monoisotopic (exact) mass is 309 g/mol. The van der Waals surface area contributed by atoms with Gasteiger partial charge in [0.2, 0.25) is 11.8 Å². The van der Waals surface area contributed by atoms with Crippen LogP contribution in [-0.2, 0) is 17.8 Å². The van der Waals surface area contributed by atoms with Gasteiger partial charge < -0.3 is 9.42 Å². The van der Waals surface area contributed by atoms with Gasteiger partial charge >= 0.3 is 0 Å². The predicted octanol–water partition coefficient (Wildman–Crippen LogP) is 2.58. The lowest BCUT2D eigenvalue weighted by Crippen LogP contribution is -2.23. The molecule has 3 rings (SSSR count). The number of carbonyl (C=O) groups is 1. The standard InChI is InChI=1S/C14H13ClFN3O2/c15-10-3-1-4-11(16)9(10)7-12-17-13(21-18-12)8-19-6-2-5-14(19)20/h1,3-4H,2,5-8H2. The van der Waals surface area contributed by atoms with Crippen LogP contribution in [0.5, 0.6) is 0 Å². The molecule has 1 aliphatic rings. The summed E-state index contributed by atoms with van der Waals surface area (Å²) in [6.07, 6.45) is 1.57. The van der Waals surface area contributed by atoms with Crippen LogP contribution in [0.2, 0.25) is 5.02 Å². The highest BCUT2D eigenvalue weighted by Gasteiger charge is 2.22. The van der Waals surface area contributed by atoms with E-state index < -0.39 is 5.82 Å². The van der Waals surface area contributed by atoms with E-state index in [1.54, 1.807) is 17.0 Å². The zero-order valence-electron chi connectivity index (χ0n) is 11.2. The lowest BCUT2D eigenvalue weighted by Gasteiger charge is -2.11. The minimum atomic E-state index is -0.399. The van der Waals surface area contributed by atoms with Gasteiger partial charge in [-0.2, -0.15) is 4.98 Å². The first kappa shape index (κ1) is 14.0. The van der Waals surface area contributed by atoms with Crippen LogP contribution in [0.15, 0.2) is 22.7 Å². The van der Waals surface area contributed by atoms with Gasteiger partial charge in [0, 0.05) is 30.0 Å². The lowest BCUT2D eigenvalue weighted by molar-refractivity contribution is -0.128. The van der Waals surface area contributed by atoms with Gasteiger partial charge in [0.25, 0.3) is 0 Å². The SMILES string of the molecule is O=C1CCCN1Cc1nc(Cc2c(F)cccc2Cl)no1. The molecule has 7 heteroatoms. The van der Waals surface area contributed by atoms with Gasteiger partial charge in [0.05, 0.1) is 6.54 Å². The van der Waals surface area contributed by atoms with E-state index in [-0.39, 0.29) is 12.3 Å². The molecule has 0 unspecified atom stereocenters. The van der Waals surface area contributed by atoms with E-state index in [4.69, 9.17) is 16.1 Å². The maximum atomic E-state index is 13.7. The second-order valence-electron chi connectivity index (χ2n) is 4.90. The van der Waals surface area contributed by atoms with Crippen molar-refractivity contribution in [2.75, 3.05) is 6.54 Å². The van der Waals surface area contributed by atoms with Crippen molar-refractivity contribution < 1.29 is 13.7 Å². The molecule has 0 atom stereocenters. The number of hydrogen-bond acceptors (Lipinski definition) is 4. The molecular formula is C14H13ClFN3O2. The molecule has 0 N–H and O–H groups in total. The van der Waals surface area contributed by atoms with Crippen LogP contribution in [0.1, 0.15) is 30.1 Å². The van der Waals surface area contributed by atoms with Gasteiger partial charge in [0.15, 0.2) is 5.82 Å². The highest BCUT2D eigenvalue weighted by Crippen LogP contribution is 2.21. The topological polar surface area (TPSA) is 59.2 Å². The van der Waals surface area contributed by atoms with Gasteiger partial charge in [-0.05, 0) is 18.6 Å². The molecule has 0 radical (unpaired) electrons. The molecule has 5 nitrogen and oxygen atoms in total. The van der Waals surface area contributed by atoms with Gasteiger partial charge in [0.1, 0.15) is 5.82 Å². The van der Waals surface area contributed by atoms with Crippen molar-refractivity contribution >= 4 is 17.5 Å². The van der Waals surface area contributed by atoms with Crippen LogP contribution in [0.4, 0.5) is 4.39 Å². The molecule has 0 saturated carbocycles. The fourth-order valence-corrected chi connectivity index (χ4v) is 2.55. The number of amides is 1. The molecule has 1 saturated heterocycles. The van der Waals surface area contributed by atoms with Crippen LogP contribution in [0.3, 0.4) is 0 Å². The summed E-state index contributed by atoms with van der Waals surface area (Å²) < 4.78 is 18.8. The van der Waals surface area contributed by atoms with E-state index in [1.165, 1.54) is 6.07 Å². The van der Waals surface area contributed by atoms with Gasteiger partial charge in [-0.25, -0.2) is 4.39 Å². The fraction of sp³-hybridized carbons (Fsp3) is 0.357. The zero-order valence-corrected chi connectivity index (χ0v) is 11.9. The van der Waals surface area contributed by atoms with Gasteiger partial charge in [-0.3, -0.25) is 4.79 Å². The molecular weight excluding hydrogens is 297 g/mol. The average Bonchev–Trinajstić information content (AvgIpc) is 3.05. The number of nitrogens with zero attached hydrogens (tertiary/aromatic N) is 3. The summed E-state index contributed by atoms with van der Waals surface area (Å²) in [7, 11) is 0. The highest BCUT2D eigenvalue weighted by atomic mass is 35.5. The largest absolute Gasteiger partial charge is 0.337 e. The Balaban J connectivity index is 1.72. The molecule has 110 valence electrons. The predicted molar refractivity (Wildman–Crippen MR) is 73.2 cm³/mol. The first-order chi connectivity index (χ1) is 10.1. The van der Waals surface area contributed by atoms with Crippen LogP contribution < -0.4 is 0 Å². The number of halogens is 2. The molecule has 1 fully saturated rings. The molecule has 2 heterocycles. The van der Waals surface area contributed by atoms with Crippen LogP contribution in [0, 0.1) is 5.82 Å². The summed E-state index contributed by atoms with van der Waals surface area (Å²) >= 11 is 5.96. The number of aromatic nitrogens is 2. The summed E-state index contributed by atoms with van der Waals surface area (Å²) in [6, 6.07) is 4.50. The average molecular weight is 310 g/mol. The zero-order chi connectivity index (χ0) is 14.8. The Hall–Kier alpha value is -1.95. The third-order valence-electron chi connectivity index (χ3n) is 3.40. The summed E-state index contributed by atoms with van der Waals surface area (Å²) in [6.45, 7) is 1.01. The third kappa shape index (κ3) is 3.05. The molecule has 1 amide bonds. The van der Waals surface area contributed by atoms with E-state index in [2.05, 4.69) is 10.1 Å². The van der Waals surface area contributed by atoms with Crippen molar-refractivity contribution in [3.8, 4) is 0 Å². The van der Waals surface area contributed by atoms with Crippen LogP contribution in [0.25, 0.3) is 0 Å². The summed E-state index contributed by atoms with van der Waals surface area (Å²) in [5.41, 5.74) is 0.337. The van der Waals surface area contributed by atoms with Crippen molar-refractivity contribution in [2.24, 2.45) is 0 Å². The first-order valence-electron chi connectivity index (χ1n) is 6.65. The van der Waals surface area contributed by atoms with Crippen molar-refractivity contribution in [3.63, 3.8) is 0 Å². The summed E-state index contributed by atoms with van der Waals surface area (Å²) in [5.74, 6) is 0.395. The molecule has 0 bridgehead atoms. The molecule has 0 spiro atoms. The minimum absolute atomic E-state index is 0.0897. The summed E-state index contributed by atoms with van der Waals surface area (Å²) in [5, 5.41) is 4.14. The Morgan fingerprint density at radius 1 is 1.43 bits per heavy atom. The molecule has 1 aromatic carbocycles. The minimum Gasteiger partial charge on any atom is -0.337 e. The maximum absolute atomic E-state index is 13.7. The van der Waals surface area contributed by atoms with Crippen molar-refractivity contribution in [3.05, 3.63) is 46.3 Å². The van der Waals surface area contributed by atoms with Crippen molar-refractivity contribution in [1.29, 1.82) is 0 Å². The Labute approximate surface area is 125 Å². The lowest BCUT2D eigenvalue weighted by atomic mass is 10.1. The Kier molecular flexibility index (Phi) is 3.88. The van der Waals surface area contributed by atoms with E-state index >= 15 is 0 Å². The number of likely N-dealkylation sites (tertiary alicyclic amines) is 1. The second kappa shape index (κ2) is 5.81. The molecule has 1 aliphatic heterocycles. The Morgan fingerprint density at radius 2 is 2.29 bits per heavy atom. The van der Waals surface area contributed by atoms with E-state index in [9.17, 15) is 9.18 Å². The first-order valence-corrected chi connectivity index (χ1v) is 7.03.